The molecule has 0 saturated carbocycles. The third-order valence-electron chi connectivity index (χ3n) is 3.44. The SMILES string of the molecule is Br.CCCCOc1cc(CBr)cc(N)c1Cc1ccccc1. The summed E-state index contributed by atoms with van der Waals surface area (Å²) in [4.78, 5) is 0. The van der Waals surface area contributed by atoms with E-state index in [1.165, 1.54) is 5.56 Å². The standard InChI is InChI=1S/C18H22BrNO.BrH/c1-2-3-9-21-18-12-15(13-19)11-17(20)16(18)10-14-7-5-4-6-8-14;/h4-8,11-12H,2-3,9-10,13,20H2,1H3;1H. The Morgan fingerprint density at radius 1 is 1.09 bits per heavy atom. The second-order valence-electron chi connectivity index (χ2n) is 5.16. The van der Waals surface area contributed by atoms with Crippen molar-refractivity contribution in [1.29, 1.82) is 0 Å². The third kappa shape index (κ3) is 5.33. The Morgan fingerprint density at radius 3 is 2.45 bits per heavy atom. The number of benzene rings is 2. The molecule has 4 heteroatoms. The number of nitrogens with two attached hydrogens (primary N) is 1. The molecular formula is C18H23Br2NO. The number of unbranched alkanes of at least 4 members (excludes halogenated alkanes) is 1. The van der Waals surface area contributed by atoms with Crippen LogP contribution < -0.4 is 10.5 Å². The normalized spacial score (nSPS) is 10.1. The molecule has 0 aromatic heterocycles. The predicted octanol–water partition coefficient (Wildman–Crippen LogP) is 5.51. The van der Waals surface area contributed by atoms with Gasteiger partial charge in [0.15, 0.2) is 0 Å². The van der Waals surface area contributed by atoms with Gasteiger partial charge >= 0.3 is 0 Å². The van der Waals surface area contributed by atoms with E-state index < -0.39 is 0 Å². The molecule has 0 fully saturated rings. The van der Waals surface area contributed by atoms with E-state index in [2.05, 4.69) is 53.2 Å². The van der Waals surface area contributed by atoms with Crippen LogP contribution in [0.3, 0.4) is 0 Å². The molecule has 0 unspecified atom stereocenters. The molecule has 2 aromatic carbocycles. The second kappa shape index (κ2) is 9.90. The van der Waals surface area contributed by atoms with Crippen molar-refractivity contribution in [2.45, 2.75) is 31.5 Å². The largest absolute Gasteiger partial charge is 0.493 e. The van der Waals surface area contributed by atoms with E-state index in [9.17, 15) is 0 Å². The van der Waals surface area contributed by atoms with Crippen molar-refractivity contribution in [1.82, 2.24) is 0 Å². The number of rotatable bonds is 7. The van der Waals surface area contributed by atoms with E-state index in [1.54, 1.807) is 0 Å². The highest BCUT2D eigenvalue weighted by molar-refractivity contribution is 9.08. The average molecular weight is 429 g/mol. The van der Waals surface area contributed by atoms with Crippen molar-refractivity contribution < 1.29 is 4.74 Å². The van der Waals surface area contributed by atoms with Gasteiger partial charge in [0.1, 0.15) is 5.75 Å². The van der Waals surface area contributed by atoms with Gasteiger partial charge in [-0.2, -0.15) is 0 Å². The molecule has 0 heterocycles. The first-order valence-electron chi connectivity index (χ1n) is 7.38. The lowest BCUT2D eigenvalue weighted by Gasteiger charge is -2.15. The molecule has 0 aliphatic carbocycles. The highest BCUT2D eigenvalue weighted by Gasteiger charge is 2.11. The first-order valence-corrected chi connectivity index (χ1v) is 8.50. The molecule has 0 bridgehead atoms. The van der Waals surface area contributed by atoms with Crippen molar-refractivity contribution in [3.05, 3.63) is 59.2 Å². The maximum absolute atomic E-state index is 6.25. The van der Waals surface area contributed by atoms with E-state index >= 15 is 0 Å². The fourth-order valence-corrected chi connectivity index (χ4v) is 2.57. The molecule has 0 amide bonds. The van der Waals surface area contributed by atoms with Crippen LogP contribution in [0.15, 0.2) is 42.5 Å². The smallest absolute Gasteiger partial charge is 0.125 e. The van der Waals surface area contributed by atoms with Crippen molar-refractivity contribution in [3.8, 4) is 5.75 Å². The summed E-state index contributed by atoms with van der Waals surface area (Å²) in [6.45, 7) is 2.90. The van der Waals surface area contributed by atoms with E-state index in [1.807, 2.05) is 12.1 Å². The molecule has 0 spiro atoms. The van der Waals surface area contributed by atoms with Crippen LogP contribution in [0.5, 0.6) is 5.75 Å². The zero-order chi connectivity index (χ0) is 15.1. The molecule has 2 rings (SSSR count). The zero-order valence-corrected chi connectivity index (χ0v) is 16.1. The van der Waals surface area contributed by atoms with Crippen LogP contribution in [0.1, 0.15) is 36.5 Å². The molecule has 120 valence electrons. The van der Waals surface area contributed by atoms with Crippen LogP contribution in [0.2, 0.25) is 0 Å². The van der Waals surface area contributed by atoms with Gasteiger partial charge in [-0.15, -0.1) is 17.0 Å². The number of anilines is 1. The van der Waals surface area contributed by atoms with Crippen molar-refractivity contribution in [2.75, 3.05) is 12.3 Å². The van der Waals surface area contributed by atoms with Gasteiger partial charge < -0.3 is 10.5 Å². The highest BCUT2D eigenvalue weighted by Crippen LogP contribution is 2.30. The Bertz CT molecular complexity index is 573. The number of alkyl halides is 1. The maximum Gasteiger partial charge on any atom is 0.125 e. The Hall–Kier alpha value is -1.00. The van der Waals surface area contributed by atoms with Gasteiger partial charge in [-0.25, -0.2) is 0 Å². The van der Waals surface area contributed by atoms with E-state index in [0.717, 1.165) is 53.8 Å². The quantitative estimate of drug-likeness (QED) is 0.358. The summed E-state index contributed by atoms with van der Waals surface area (Å²) in [6.07, 6.45) is 2.99. The lowest BCUT2D eigenvalue weighted by Crippen LogP contribution is -2.05. The summed E-state index contributed by atoms with van der Waals surface area (Å²) >= 11 is 3.49. The van der Waals surface area contributed by atoms with Crippen molar-refractivity contribution in [3.63, 3.8) is 0 Å². The molecule has 0 aliphatic heterocycles. The van der Waals surface area contributed by atoms with E-state index in [-0.39, 0.29) is 17.0 Å². The van der Waals surface area contributed by atoms with Gasteiger partial charge in [-0.05, 0) is 29.7 Å². The van der Waals surface area contributed by atoms with E-state index in [4.69, 9.17) is 10.5 Å². The van der Waals surface area contributed by atoms with Gasteiger partial charge in [-0.1, -0.05) is 59.6 Å². The van der Waals surface area contributed by atoms with Gasteiger partial charge in [0.05, 0.1) is 6.61 Å². The Balaban J connectivity index is 0.00000242. The fourth-order valence-electron chi connectivity index (χ4n) is 2.25. The van der Waals surface area contributed by atoms with Crippen molar-refractivity contribution >= 4 is 38.6 Å². The number of nitrogen functional groups attached to an aromatic ring is 1. The molecule has 0 aliphatic rings. The molecule has 2 aromatic rings. The lowest BCUT2D eigenvalue weighted by molar-refractivity contribution is 0.307. The van der Waals surface area contributed by atoms with Crippen molar-refractivity contribution in [2.24, 2.45) is 0 Å². The average Bonchev–Trinajstić information content (AvgIpc) is 2.51. The predicted molar refractivity (Wildman–Crippen MR) is 103 cm³/mol. The summed E-state index contributed by atoms with van der Waals surface area (Å²) in [5.74, 6) is 0.918. The number of ether oxygens (including phenoxy) is 1. The summed E-state index contributed by atoms with van der Waals surface area (Å²) in [7, 11) is 0. The van der Waals surface area contributed by atoms with E-state index in [0.29, 0.717) is 0 Å². The first kappa shape index (κ1) is 19.0. The molecule has 0 atom stereocenters. The summed E-state index contributed by atoms with van der Waals surface area (Å²) in [5.41, 5.74) is 10.5. The Morgan fingerprint density at radius 2 is 1.82 bits per heavy atom. The van der Waals surface area contributed by atoms with Gasteiger partial charge in [0.25, 0.3) is 0 Å². The zero-order valence-electron chi connectivity index (χ0n) is 12.8. The van der Waals surface area contributed by atoms with Crippen LogP contribution in [-0.4, -0.2) is 6.61 Å². The fraction of sp³-hybridized carbons (Fsp3) is 0.333. The van der Waals surface area contributed by atoms with Gasteiger partial charge in [-0.3, -0.25) is 0 Å². The second-order valence-corrected chi connectivity index (χ2v) is 5.72. The Kier molecular flexibility index (Phi) is 8.57. The molecule has 0 radical (unpaired) electrons. The number of hydrogen-bond acceptors (Lipinski definition) is 2. The summed E-state index contributed by atoms with van der Waals surface area (Å²) in [5, 5.41) is 0.785. The first-order chi connectivity index (χ1) is 10.2. The van der Waals surface area contributed by atoms with Gasteiger partial charge in [0.2, 0.25) is 0 Å². The Labute approximate surface area is 152 Å². The number of hydrogen-bond donors (Lipinski definition) is 1. The molecule has 22 heavy (non-hydrogen) atoms. The highest BCUT2D eigenvalue weighted by atomic mass is 79.9. The van der Waals surface area contributed by atoms with Crippen LogP contribution in [0.4, 0.5) is 5.69 Å². The van der Waals surface area contributed by atoms with Crippen LogP contribution in [-0.2, 0) is 11.8 Å². The summed E-state index contributed by atoms with van der Waals surface area (Å²) < 4.78 is 5.97. The minimum atomic E-state index is 0. The number of halogens is 2. The van der Waals surface area contributed by atoms with Gasteiger partial charge in [0, 0.05) is 23.0 Å². The lowest BCUT2D eigenvalue weighted by atomic mass is 10.0. The molecule has 0 saturated heterocycles. The minimum Gasteiger partial charge on any atom is -0.493 e. The minimum absolute atomic E-state index is 0. The molecular weight excluding hydrogens is 406 g/mol. The monoisotopic (exact) mass is 427 g/mol. The molecule has 2 nitrogen and oxygen atoms in total. The van der Waals surface area contributed by atoms with Crippen LogP contribution in [0.25, 0.3) is 0 Å². The van der Waals surface area contributed by atoms with Crippen LogP contribution in [0, 0.1) is 0 Å². The molecule has 2 N–H and O–H groups in total. The van der Waals surface area contributed by atoms with Crippen LogP contribution >= 0.6 is 32.9 Å². The summed E-state index contributed by atoms with van der Waals surface area (Å²) in [6, 6.07) is 14.5. The maximum atomic E-state index is 6.25. The topological polar surface area (TPSA) is 35.2 Å². The third-order valence-corrected chi connectivity index (χ3v) is 4.08.